The van der Waals surface area contributed by atoms with E-state index in [1.54, 1.807) is 48.4 Å². The Hall–Kier alpha value is -3.81. The number of nitrogens with one attached hydrogen (secondary N) is 1. The molecule has 1 N–H and O–H groups in total. The number of fused-ring (bicyclic) bond motifs is 1. The van der Waals surface area contributed by atoms with E-state index in [2.05, 4.69) is 11.9 Å². The fourth-order valence-electron chi connectivity index (χ4n) is 4.01. The Morgan fingerprint density at radius 1 is 1.24 bits per heavy atom. The van der Waals surface area contributed by atoms with E-state index in [9.17, 15) is 14.4 Å². The molecule has 1 aliphatic rings. The fraction of sp³-hybridized carbons (Fsp3) is 0.320. The molecule has 0 bridgehead atoms. The van der Waals surface area contributed by atoms with Crippen LogP contribution in [0.15, 0.2) is 49.1 Å². The van der Waals surface area contributed by atoms with Crippen LogP contribution >= 0.6 is 0 Å². The van der Waals surface area contributed by atoms with Crippen LogP contribution in [0.5, 0.6) is 11.5 Å². The average Bonchev–Trinajstić information content (AvgIpc) is 2.92. The fourth-order valence-corrected chi connectivity index (χ4v) is 4.01. The first-order valence-electron chi connectivity index (χ1n) is 10.6. The Kier molecular flexibility index (Phi) is 7.37. The number of anilines is 2. The summed E-state index contributed by atoms with van der Waals surface area (Å²) in [4.78, 5) is 41.6. The van der Waals surface area contributed by atoms with Crippen LogP contribution in [0.1, 0.15) is 29.3 Å². The molecular weight excluding hydrogens is 422 g/mol. The first-order valence-corrected chi connectivity index (χ1v) is 10.6. The third-order valence-corrected chi connectivity index (χ3v) is 5.51. The van der Waals surface area contributed by atoms with E-state index in [-0.39, 0.29) is 36.7 Å². The van der Waals surface area contributed by atoms with Crippen LogP contribution < -0.4 is 19.7 Å². The van der Waals surface area contributed by atoms with Crippen molar-refractivity contribution in [3.8, 4) is 11.5 Å². The molecule has 33 heavy (non-hydrogen) atoms. The van der Waals surface area contributed by atoms with E-state index >= 15 is 0 Å². The summed E-state index contributed by atoms with van der Waals surface area (Å²) in [5.74, 6) is 0.197. The van der Waals surface area contributed by atoms with Crippen molar-refractivity contribution in [2.45, 2.75) is 25.8 Å². The number of hydrogen-bond acceptors (Lipinski definition) is 5. The van der Waals surface area contributed by atoms with Crippen molar-refractivity contribution in [2.75, 3.05) is 38.0 Å². The van der Waals surface area contributed by atoms with Crippen molar-refractivity contribution in [2.24, 2.45) is 0 Å². The number of allylic oxidation sites excluding steroid dienone is 1. The summed E-state index contributed by atoms with van der Waals surface area (Å²) >= 11 is 0. The molecule has 0 saturated carbocycles. The largest absolute Gasteiger partial charge is 0.493 e. The zero-order valence-corrected chi connectivity index (χ0v) is 19.4. The number of benzene rings is 2. The number of methoxy groups -OCH3 is 2. The number of rotatable bonds is 7. The minimum atomic E-state index is -0.357. The first kappa shape index (κ1) is 23.8. The predicted molar refractivity (Wildman–Crippen MR) is 127 cm³/mol. The van der Waals surface area contributed by atoms with Crippen molar-refractivity contribution < 1.29 is 23.9 Å². The highest BCUT2D eigenvalue weighted by molar-refractivity contribution is 6.06. The smallest absolute Gasteiger partial charge is 0.254 e. The quantitative estimate of drug-likeness (QED) is 0.653. The normalized spacial score (nSPS) is 15.1. The van der Waals surface area contributed by atoms with Gasteiger partial charge in [0.2, 0.25) is 11.8 Å². The molecule has 1 atom stereocenters. The van der Waals surface area contributed by atoms with Crippen molar-refractivity contribution in [1.82, 2.24) is 4.90 Å². The minimum absolute atomic E-state index is 0.156. The maximum Gasteiger partial charge on any atom is 0.254 e. The summed E-state index contributed by atoms with van der Waals surface area (Å²) in [6, 6.07) is 10.1. The molecule has 0 saturated heterocycles. The van der Waals surface area contributed by atoms with Gasteiger partial charge in [-0.05, 0) is 37.6 Å². The van der Waals surface area contributed by atoms with Crippen molar-refractivity contribution >= 4 is 29.1 Å². The zero-order chi connectivity index (χ0) is 24.1. The molecule has 0 aromatic heterocycles. The number of amides is 3. The third-order valence-electron chi connectivity index (χ3n) is 5.51. The molecule has 1 unspecified atom stereocenters. The van der Waals surface area contributed by atoms with Crippen LogP contribution in [0.3, 0.4) is 0 Å². The Balaban J connectivity index is 1.87. The maximum atomic E-state index is 13.3. The van der Waals surface area contributed by atoms with Gasteiger partial charge < -0.3 is 24.6 Å². The Labute approximate surface area is 193 Å². The summed E-state index contributed by atoms with van der Waals surface area (Å²) in [7, 11) is 4.61. The predicted octanol–water partition coefficient (Wildman–Crippen LogP) is 3.27. The Morgan fingerprint density at radius 2 is 1.97 bits per heavy atom. The monoisotopic (exact) mass is 451 g/mol. The molecular formula is C25H29N3O5. The second-order valence-electron chi connectivity index (χ2n) is 7.91. The van der Waals surface area contributed by atoms with Crippen LogP contribution in [-0.2, 0) is 16.0 Å². The van der Waals surface area contributed by atoms with Gasteiger partial charge in [-0.25, -0.2) is 0 Å². The molecule has 0 aliphatic carbocycles. The van der Waals surface area contributed by atoms with Crippen LogP contribution in [-0.4, -0.2) is 56.5 Å². The van der Waals surface area contributed by atoms with E-state index in [4.69, 9.17) is 9.47 Å². The van der Waals surface area contributed by atoms with E-state index < -0.39 is 0 Å². The lowest BCUT2D eigenvalue weighted by Crippen LogP contribution is -2.45. The third kappa shape index (κ3) is 5.00. The Morgan fingerprint density at radius 3 is 2.64 bits per heavy atom. The van der Waals surface area contributed by atoms with Gasteiger partial charge >= 0.3 is 0 Å². The molecule has 2 aromatic carbocycles. The van der Waals surface area contributed by atoms with Crippen LogP contribution in [0.25, 0.3) is 0 Å². The SMILES string of the molecule is C=CCc1cc(C(=O)N(C)CC(=O)N2c3ccccc3NC(=O)CC2C)cc(OC)c1OC. The molecule has 0 fully saturated rings. The van der Waals surface area contributed by atoms with Crippen LogP contribution in [0, 0.1) is 0 Å². The van der Waals surface area contributed by atoms with Crippen LogP contribution in [0.4, 0.5) is 11.4 Å². The number of hydrogen-bond donors (Lipinski definition) is 1. The van der Waals surface area contributed by atoms with Gasteiger partial charge in [-0.3, -0.25) is 14.4 Å². The molecule has 3 amide bonds. The van der Waals surface area contributed by atoms with Crippen molar-refractivity contribution in [3.05, 3.63) is 60.2 Å². The van der Waals surface area contributed by atoms with E-state index in [0.717, 1.165) is 5.56 Å². The molecule has 3 rings (SSSR count). The molecule has 1 heterocycles. The molecule has 8 nitrogen and oxygen atoms in total. The summed E-state index contributed by atoms with van der Waals surface area (Å²) in [5.41, 5.74) is 2.32. The number of nitrogens with zero attached hydrogens (tertiary/aromatic N) is 2. The molecule has 0 spiro atoms. The minimum Gasteiger partial charge on any atom is -0.493 e. The van der Waals surface area contributed by atoms with Gasteiger partial charge in [-0.15, -0.1) is 6.58 Å². The van der Waals surface area contributed by atoms with Gasteiger partial charge in [0.25, 0.3) is 5.91 Å². The van der Waals surface area contributed by atoms with Crippen LogP contribution in [0.2, 0.25) is 0 Å². The second kappa shape index (κ2) is 10.2. The van der Waals surface area contributed by atoms with E-state index in [1.807, 2.05) is 13.0 Å². The lowest BCUT2D eigenvalue weighted by molar-refractivity contribution is -0.119. The highest BCUT2D eigenvalue weighted by atomic mass is 16.5. The van der Waals surface area contributed by atoms with Gasteiger partial charge in [-0.1, -0.05) is 18.2 Å². The topological polar surface area (TPSA) is 88.2 Å². The lowest BCUT2D eigenvalue weighted by Gasteiger charge is -2.30. The van der Waals surface area contributed by atoms with E-state index in [1.165, 1.54) is 19.1 Å². The van der Waals surface area contributed by atoms with Gasteiger partial charge in [0, 0.05) is 30.6 Å². The average molecular weight is 452 g/mol. The lowest BCUT2D eigenvalue weighted by atomic mass is 10.0. The second-order valence-corrected chi connectivity index (χ2v) is 7.91. The van der Waals surface area contributed by atoms with Gasteiger partial charge in [0.1, 0.15) is 6.54 Å². The van der Waals surface area contributed by atoms with E-state index in [0.29, 0.717) is 34.9 Å². The molecule has 8 heteroatoms. The van der Waals surface area contributed by atoms with Gasteiger partial charge in [0.15, 0.2) is 11.5 Å². The van der Waals surface area contributed by atoms with Crippen molar-refractivity contribution in [1.29, 1.82) is 0 Å². The summed E-state index contributed by atoms with van der Waals surface area (Å²) in [6.07, 6.45) is 2.37. The highest BCUT2D eigenvalue weighted by Crippen LogP contribution is 2.34. The number of para-hydroxylation sites is 2. The summed E-state index contributed by atoms with van der Waals surface area (Å²) in [6.45, 7) is 5.42. The van der Waals surface area contributed by atoms with Gasteiger partial charge in [-0.2, -0.15) is 0 Å². The number of likely N-dealkylation sites (N-methyl/N-ethyl adjacent to an activating group) is 1. The molecule has 1 aliphatic heterocycles. The number of ether oxygens (including phenoxy) is 2. The molecule has 0 radical (unpaired) electrons. The highest BCUT2D eigenvalue weighted by Gasteiger charge is 2.31. The summed E-state index contributed by atoms with van der Waals surface area (Å²) < 4.78 is 10.8. The summed E-state index contributed by atoms with van der Waals surface area (Å²) in [5, 5.41) is 2.83. The maximum absolute atomic E-state index is 13.3. The van der Waals surface area contributed by atoms with Crippen molar-refractivity contribution in [3.63, 3.8) is 0 Å². The molecule has 174 valence electrons. The Bertz CT molecular complexity index is 1080. The van der Waals surface area contributed by atoms with Gasteiger partial charge in [0.05, 0.1) is 25.6 Å². The standard InChI is InChI=1S/C25H29N3O5/c1-6-9-17-13-18(14-21(32-4)24(17)33-5)25(31)27(3)15-23(30)28-16(2)12-22(29)26-19-10-7-8-11-20(19)28/h6-8,10-11,13-14,16H,1,9,12,15H2,2-5H3,(H,26,29). The number of carbonyl (C=O) groups is 3. The zero-order valence-electron chi connectivity index (χ0n) is 19.4. The number of carbonyl (C=O) groups excluding carboxylic acids is 3. The molecule has 2 aromatic rings. The first-order chi connectivity index (χ1) is 15.8.